The number of hydrogen-bond donors (Lipinski definition) is 1. The smallest absolute Gasteiger partial charge is 0.120 e. The normalized spacial score (nSPS) is 41.2. The average molecular weight is 236 g/mol. The minimum Gasteiger partial charge on any atom is -0.516 e. The molecule has 2 aliphatic rings. The van der Waals surface area contributed by atoms with Crippen LogP contribution in [0.5, 0.6) is 0 Å². The highest BCUT2D eigenvalue weighted by molar-refractivity contribution is 5.49. The van der Waals surface area contributed by atoms with Gasteiger partial charge in [-0.1, -0.05) is 13.8 Å². The van der Waals surface area contributed by atoms with Crippen molar-refractivity contribution < 1.29 is 9.90 Å². The molecule has 0 aromatic rings. The van der Waals surface area contributed by atoms with Crippen molar-refractivity contribution in [3.63, 3.8) is 0 Å². The first-order valence-electron chi connectivity index (χ1n) is 6.90. The van der Waals surface area contributed by atoms with Crippen LogP contribution in [0.2, 0.25) is 0 Å². The lowest BCUT2D eigenvalue weighted by Crippen LogP contribution is -2.36. The summed E-state index contributed by atoms with van der Waals surface area (Å²) in [6.45, 7) is 4.59. The largest absolute Gasteiger partial charge is 0.516 e. The van der Waals surface area contributed by atoms with Gasteiger partial charge in [-0.05, 0) is 60.8 Å². The molecule has 0 aliphatic heterocycles. The fourth-order valence-electron chi connectivity index (χ4n) is 4.49. The van der Waals surface area contributed by atoms with Gasteiger partial charge in [-0.2, -0.15) is 0 Å². The van der Waals surface area contributed by atoms with E-state index in [9.17, 15) is 9.90 Å². The SMILES string of the molecule is CC(CC=O)C1CCC2/C(=C/O)CCCC21C. The van der Waals surface area contributed by atoms with Gasteiger partial charge in [0.25, 0.3) is 0 Å². The summed E-state index contributed by atoms with van der Waals surface area (Å²) in [6, 6.07) is 0. The first-order chi connectivity index (χ1) is 8.13. The van der Waals surface area contributed by atoms with E-state index < -0.39 is 0 Å². The van der Waals surface area contributed by atoms with Crippen LogP contribution in [0.3, 0.4) is 0 Å². The van der Waals surface area contributed by atoms with E-state index in [4.69, 9.17) is 0 Å². The van der Waals surface area contributed by atoms with E-state index >= 15 is 0 Å². The second kappa shape index (κ2) is 4.83. The summed E-state index contributed by atoms with van der Waals surface area (Å²) in [5.41, 5.74) is 1.56. The Hall–Kier alpha value is -0.790. The van der Waals surface area contributed by atoms with Crippen LogP contribution in [0, 0.1) is 23.2 Å². The monoisotopic (exact) mass is 236 g/mol. The van der Waals surface area contributed by atoms with Gasteiger partial charge in [-0.3, -0.25) is 0 Å². The maximum atomic E-state index is 10.7. The van der Waals surface area contributed by atoms with Gasteiger partial charge in [0.15, 0.2) is 0 Å². The summed E-state index contributed by atoms with van der Waals surface area (Å²) in [7, 11) is 0. The number of hydrogen-bond acceptors (Lipinski definition) is 2. The van der Waals surface area contributed by atoms with Gasteiger partial charge < -0.3 is 9.90 Å². The molecule has 0 aromatic carbocycles. The second-order valence-corrected chi connectivity index (χ2v) is 6.18. The number of fused-ring (bicyclic) bond motifs is 1. The Bertz CT molecular complexity index is 321. The first-order valence-corrected chi connectivity index (χ1v) is 6.90. The van der Waals surface area contributed by atoms with Crippen molar-refractivity contribution in [3.05, 3.63) is 11.8 Å². The molecular formula is C15H24O2. The lowest BCUT2D eigenvalue weighted by molar-refractivity contribution is -0.109. The van der Waals surface area contributed by atoms with Gasteiger partial charge in [0.1, 0.15) is 6.29 Å². The number of aldehydes is 1. The average Bonchev–Trinajstić information content (AvgIpc) is 2.66. The molecule has 0 saturated heterocycles. The van der Waals surface area contributed by atoms with Crippen molar-refractivity contribution >= 4 is 6.29 Å². The Morgan fingerprint density at radius 3 is 2.94 bits per heavy atom. The number of allylic oxidation sites excluding steroid dienone is 1. The van der Waals surface area contributed by atoms with E-state index in [1.54, 1.807) is 0 Å². The lowest BCUT2D eigenvalue weighted by Gasteiger charge is -2.43. The van der Waals surface area contributed by atoms with Gasteiger partial charge in [-0.15, -0.1) is 0 Å². The molecule has 2 saturated carbocycles. The van der Waals surface area contributed by atoms with Gasteiger partial charge in [0.05, 0.1) is 6.26 Å². The minimum absolute atomic E-state index is 0.315. The van der Waals surface area contributed by atoms with Crippen LogP contribution in [-0.2, 0) is 4.79 Å². The fraction of sp³-hybridized carbons (Fsp3) is 0.800. The molecule has 4 atom stereocenters. The van der Waals surface area contributed by atoms with Crippen LogP contribution >= 0.6 is 0 Å². The zero-order valence-corrected chi connectivity index (χ0v) is 11.0. The zero-order chi connectivity index (χ0) is 12.5. The Balaban J connectivity index is 2.20. The summed E-state index contributed by atoms with van der Waals surface area (Å²) < 4.78 is 0. The van der Waals surface area contributed by atoms with E-state index in [0.717, 1.165) is 12.7 Å². The molecule has 0 spiro atoms. The third-order valence-electron chi connectivity index (χ3n) is 5.36. The molecule has 0 heterocycles. The Kier molecular flexibility index (Phi) is 3.60. The van der Waals surface area contributed by atoms with Crippen molar-refractivity contribution in [2.45, 2.75) is 52.4 Å². The molecule has 0 aromatic heterocycles. The predicted octanol–water partition coefficient (Wildman–Crippen LogP) is 3.87. The van der Waals surface area contributed by atoms with Crippen LogP contribution in [0.1, 0.15) is 52.4 Å². The van der Waals surface area contributed by atoms with Crippen LogP contribution in [0.25, 0.3) is 0 Å². The quantitative estimate of drug-likeness (QED) is 0.596. The number of aliphatic hydroxyl groups excluding tert-OH is 1. The Morgan fingerprint density at radius 2 is 2.29 bits per heavy atom. The number of aliphatic hydroxyl groups is 1. The molecule has 0 radical (unpaired) electrons. The zero-order valence-electron chi connectivity index (χ0n) is 11.0. The van der Waals surface area contributed by atoms with E-state index in [-0.39, 0.29) is 0 Å². The number of carbonyl (C=O) groups is 1. The van der Waals surface area contributed by atoms with Gasteiger partial charge >= 0.3 is 0 Å². The highest BCUT2D eigenvalue weighted by atomic mass is 16.2. The Labute approximate surface area is 104 Å². The summed E-state index contributed by atoms with van der Waals surface area (Å²) in [5.74, 6) is 1.69. The third-order valence-corrected chi connectivity index (χ3v) is 5.36. The van der Waals surface area contributed by atoms with E-state index in [1.807, 2.05) is 0 Å². The summed E-state index contributed by atoms with van der Waals surface area (Å²) in [4.78, 5) is 10.7. The highest BCUT2D eigenvalue weighted by Crippen LogP contribution is 2.59. The summed E-state index contributed by atoms with van der Waals surface area (Å²) in [5, 5.41) is 9.36. The molecule has 4 unspecified atom stereocenters. The van der Waals surface area contributed by atoms with E-state index in [2.05, 4.69) is 13.8 Å². The topological polar surface area (TPSA) is 37.3 Å². The van der Waals surface area contributed by atoms with Gasteiger partial charge in [0, 0.05) is 6.42 Å². The van der Waals surface area contributed by atoms with Crippen molar-refractivity contribution in [1.82, 2.24) is 0 Å². The molecule has 2 heteroatoms. The fourth-order valence-corrected chi connectivity index (χ4v) is 4.49. The molecule has 0 amide bonds. The number of rotatable bonds is 3. The van der Waals surface area contributed by atoms with Crippen LogP contribution < -0.4 is 0 Å². The summed E-state index contributed by atoms with van der Waals surface area (Å²) >= 11 is 0. The van der Waals surface area contributed by atoms with Crippen molar-refractivity contribution in [2.75, 3.05) is 0 Å². The minimum atomic E-state index is 0.315. The van der Waals surface area contributed by atoms with Crippen LogP contribution in [0.15, 0.2) is 11.8 Å². The maximum Gasteiger partial charge on any atom is 0.120 e. The predicted molar refractivity (Wildman–Crippen MR) is 68.7 cm³/mol. The standard InChI is InChI=1S/C15H24O2/c1-11(7-9-16)13-5-6-14-12(10-17)4-3-8-15(13,14)2/h9-11,13-14,17H,3-8H2,1-2H3/b12-10+. The molecule has 1 N–H and O–H groups in total. The number of carbonyl (C=O) groups excluding carboxylic acids is 1. The first kappa shape index (κ1) is 12.7. The van der Waals surface area contributed by atoms with Crippen molar-refractivity contribution in [1.29, 1.82) is 0 Å². The molecule has 2 rings (SSSR count). The third kappa shape index (κ3) is 2.02. The van der Waals surface area contributed by atoms with Gasteiger partial charge in [0.2, 0.25) is 0 Å². The van der Waals surface area contributed by atoms with E-state index in [1.165, 1.54) is 37.5 Å². The van der Waals surface area contributed by atoms with Gasteiger partial charge in [-0.25, -0.2) is 0 Å². The van der Waals surface area contributed by atoms with Crippen LogP contribution in [-0.4, -0.2) is 11.4 Å². The molecule has 2 aliphatic carbocycles. The molecular weight excluding hydrogens is 212 g/mol. The maximum absolute atomic E-state index is 10.7. The lowest BCUT2D eigenvalue weighted by atomic mass is 9.61. The Morgan fingerprint density at radius 1 is 1.53 bits per heavy atom. The molecule has 0 bridgehead atoms. The molecule has 2 fully saturated rings. The van der Waals surface area contributed by atoms with Crippen molar-refractivity contribution in [3.8, 4) is 0 Å². The summed E-state index contributed by atoms with van der Waals surface area (Å²) in [6.07, 6.45) is 9.01. The molecule has 96 valence electrons. The molecule has 2 nitrogen and oxygen atoms in total. The molecule has 17 heavy (non-hydrogen) atoms. The van der Waals surface area contributed by atoms with Crippen LogP contribution in [0.4, 0.5) is 0 Å². The van der Waals surface area contributed by atoms with E-state index in [0.29, 0.717) is 29.6 Å². The highest BCUT2D eigenvalue weighted by Gasteiger charge is 2.50. The second-order valence-electron chi connectivity index (χ2n) is 6.18. The van der Waals surface area contributed by atoms with Crippen molar-refractivity contribution in [2.24, 2.45) is 23.2 Å².